The SMILES string of the molecule is CC(C)CSCc1ccc2ccccc2n1. The third-order valence-electron chi connectivity index (χ3n) is 2.36. The Morgan fingerprint density at radius 3 is 2.75 bits per heavy atom. The molecule has 1 aromatic carbocycles. The fourth-order valence-corrected chi connectivity index (χ4v) is 2.55. The van der Waals surface area contributed by atoms with Crippen LogP contribution in [-0.2, 0) is 5.75 Å². The average Bonchev–Trinajstić information content (AvgIpc) is 2.28. The van der Waals surface area contributed by atoms with E-state index in [1.165, 1.54) is 16.8 Å². The van der Waals surface area contributed by atoms with E-state index in [2.05, 4.69) is 49.2 Å². The van der Waals surface area contributed by atoms with E-state index < -0.39 is 0 Å². The molecular weight excluding hydrogens is 214 g/mol. The van der Waals surface area contributed by atoms with Gasteiger partial charge in [-0.3, -0.25) is 4.98 Å². The van der Waals surface area contributed by atoms with Crippen molar-refractivity contribution in [2.45, 2.75) is 19.6 Å². The van der Waals surface area contributed by atoms with Gasteiger partial charge in [0.05, 0.1) is 11.2 Å². The van der Waals surface area contributed by atoms with Gasteiger partial charge in [0.25, 0.3) is 0 Å². The van der Waals surface area contributed by atoms with E-state index in [-0.39, 0.29) is 0 Å². The summed E-state index contributed by atoms with van der Waals surface area (Å²) in [6.07, 6.45) is 0. The summed E-state index contributed by atoms with van der Waals surface area (Å²) in [5, 5.41) is 1.22. The van der Waals surface area contributed by atoms with Crippen LogP contribution in [0.15, 0.2) is 36.4 Å². The van der Waals surface area contributed by atoms with Crippen molar-refractivity contribution in [2.24, 2.45) is 5.92 Å². The zero-order chi connectivity index (χ0) is 11.4. The summed E-state index contributed by atoms with van der Waals surface area (Å²) in [6, 6.07) is 12.6. The topological polar surface area (TPSA) is 12.9 Å². The fourth-order valence-electron chi connectivity index (χ4n) is 1.59. The van der Waals surface area contributed by atoms with Crippen LogP contribution >= 0.6 is 11.8 Å². The quantitative estimate of drug-likeness (QED) is 0.785. The van der Waals surface area contributed by atoms with Crippen LogP contribution in [0.1, 0.15) is 19.5 Å². The third kappa shape index (κ3) is 2.99. The Labute approximate surface area is 101 Å². The molecule has 16 heavy (non-hydrogen) atoms. The first-order chi connectivity index (χ1) is 7.75. The Morgan fingerprint density at radius 1 is 1.12 bits per heavy atom. The van der Waals surface area contributed by atoms with Gasteiger partial charge in [0, 0.05) is 11.1 Å². The van der Waals surface area contributed by atoms with Gasteiger partial charge in [-0.05, 0) is 23.8 Å². The van der Waals surface area contributed by atoms with Crippen LogP contribution in [0.25, 0.3) is 10.9 Å². The first-order valence-corrected chi connectivity index (χ1v) is 6.83. The number of hydrogen-bond donors (Lipinski definition) is 0. The second-order valence-electron chi connectivity index (χ2n) is 4.40. The molecule has 0 bridgehead atoms. The molecule has 2 aromatic rings. The summed E-state index contributed by atoms with van der Waals surface area (Å²) in [5.41, 5.74) is 2.29. The highest BCUT2D eigenvalue weighted by molar-refractivity contribution is 7.98. The standard InChI is InChI=1S/C14H17NS/c1-11(2)9-16-10-13-8-7-12-5-3-4-6-14(12)15-13/h3-8,11H,9-10H2,1-2H3. The lowest BCUT2D eigenvalue weighted by molar-refractivity contribution is 0.750. The van der Waals surface area contributed by atoms with E-state index in [1.807, 2.05) is 17.8 Å². The molecule has 0 radical (unpaired) electrons. The molecule has 0 amide bonds. The van der Waals surface area contributed by atoms with Gasteiger partial charge in [-0.1, -0.05) is 38.1 Å². The summed E-state index contributed by atoms with van der Waals surface area (Å²) < 4.78 is 0. The Balaban J connectivity index is 2.08. The molecule has 2 rings (SSSR count). The van der Waals surface area contributed by atoms with Gasteiger partial charge in [-0.2, -0.15) is 11.8 Å². The molecule has 0 aliphatic heterocycles. The number of fused-ring (bicyclic) bond motifs is 1. The van der Waals surface area contributed by atoms with Gasteiger partial charge in [0.2, 0.25) is 0 Å². The molecule has 84 valence electrons. The lowest BCUT2D eigenvalue weighted by Gasteiger charge is -2.05. The van der Waals surface area contributed by atoms with Crippen molar-refractivity contribution < 1.29 is 0 Å². The first-order valence-electron chi connectivity index (χ1n) is 5.68. The van der Waals surface area contributed by atoms with Gasteiger partial charge in [0.1, 0.15) is 0 Å². The van der Waals surface area contributed by atoms with Gasteiger partial charge in [-0.25, -0.2) is 0 Å². The van der Waals surface area contributed by atoms with Crippen molar-refractivity contribution >= 4 is 22.7 Å². The maximum atomic E-state index is 4.65. The molecule has 1 nitrogen and oxygen atoms in total. The molecule has 0 aliphatic rings. The van der Waals surface area contributed by atoms with E-state index in [0.717, 1.165) is 17.2 Å². The van der Waals surface area contributed by atoms with E-state index in [1.54, 1.807) is 0 Å². The van der Waals surface area contributed by atoms with Crippen LogP contribution < -0.4 is 0 Å². The zero-order valence-electron chi connectivity index (χ0n) is 9.81. The van der Waals surface area contributed by atoms with Crippen LogP contribution in [0.3, 0.4) is 0 Å². The monoisotopic (exact) mass is 231 g/mol. The summed E-state index contributed by atoms with van der Waals surface area (Å²) in [6.45, 7) is 4.50. The minimum atomic E-state index is 0.755. The van der Waals surface area contributed by atoms with E-state index in [9.17, 15) is 0 Å². The molecule has 0 N–H and O–H groups in total. The minimum absolute atomic E-state index is 0.755. The minimum Gasteiger partial charge on any atom is -0.252 e. The molecule has 0 saturated heterocycles. The molecule has 0 aliphatic carbocycles. The summed E-state index contributed by atoms with van der Waals surface area (Å²) in [7, 11) is 0. The van der Waals surface area contributed by atoms with Crippen molar-refractivity contribution in [1.82, 2.24) is 4.98 Å². The Kier molecular flexibility index (Phi) is 3.83. The average molecular weight is 231 g/mol. The number of rotatable bonds is 4. The van der Waals surface area contributed by atoms with Crippen LogP contribution in [0, 0.1) is 5.92 Å². The Hall–Kier alpha value is -1.02. The largest absolute Gasteiger partial charge is 0.252 e. The van der Waals surface area contributed by atoms with Crippen LogP contribution in [0.5, 0.6) is 0 Å². The summed E-state index contributed by atoms with van der Waals surface area (Å²) in [4.78, 5) is 4.65. The van der Waals surface area contributed by atoms with E-state index in [4.69, 9.17) is 0 Å². The lowest BCUT2D eigenvalue weighted by Crippen LogP contribution is -1.93. The molecule has 0 saturated carbocycles. The van der Waals surface area contributed by atoms with Crippen LogP contribution in [-0.4, -0.2) is 10.7 Å². The smallest absolute Gasteiger partial charge is 0.0705 e. The fraction of sp³-hybridized carbons (Fsp3) is 0.357. The predicted octanol–water partition coefficient (Wildman–Crippen LogP) is 4.12. The van der Waals surface area contributed by atoms with Crippen molar-refractivity contribution in [3.05, 3.63) is 42.1 Å². The molecule has 1 heterocycles. The number of nitrogens with zero attached hydrogens (tertiary/aromatic N) is 1. The maximum absolute atomic E-state index is 4.65. The Bertz CT molecular complexity index is 465. The third-order valence-corrected chi connectivity index (χ3v) is 3.76. The molecule has 0 spiro atoms. The summed E-state index contributed by atoms with van der Waals surface area (Å²) in [5.74, 6) is 2.97. The second-order valence-corrected chi connectivity index (χ2v) is 5.43. The number of thioether (sulfide) groups is 1. The highest BCUT2D eigenvalue weighted by Gasteiger charge is 1.99. The van der Waals surface area contributed by atoms with Crippen molar-refractivity contribution in [3.8, 4) is 0 Å². The molecule has 0 atom stereocenters. The zero-order valence-corrected chi connectivity index (χ0v) is 10.6. The van der Waals surface area contributed by atoms with E-state index >= 15 is 0 Å². The Morgan fingerprint density at radius 2 is 1.94 bits per heavy atom. The molecular formula is C14H17NS. The number of aromatic nitrogens is 1. The molecule has 0 unspecified atom stereocenters. The maximum Gasteiger partial charge on any atom is 0.0705 e. The number of para-hydroxylation sites is 1. The number of pyridine rings is 1. The van der Waals surface area contributed by atoms with Gasteiger partial charge < -0.3 is 0 Å². The number of benzene rings is 1. The van der Waals surface area contributed by atoms with Crippen molar-refractivity contribution in [2.75, 3.05) is 5.75 Å². The molecule has 0 fully saturated rings. The molecule has 1 aromatic heterocycles. The van der Waals surface area contributed by atoms with Crippen molar-refractivity contribution in [3.63, 3.8) is 0 Å². The molecule has 2 heteroatoms. The van der Waals surface area contributed by atoms with Gasteiger partial charge in [0.15, 0.2) is 0 Å². The second kappa shape index (κ2) is 5.35. The van der Waals surface area contributed by atoms with Gasteiger partial charge in [-0.15, -0.1) is 0 Å². The van der Waals surface area contributed by atoms with Crippen LogP contribution in [0.4, 0.5) is 0 Å². The first kappa shape index (κ1) is 11.5. The highest BCUT2D eigenvalue weighted by Crippen LogP contribution is 2.17. The lowest BCUT2D eigenvalue weighted by atomic mass is 10.2. The van der Waals surface area contributed by atoms with Crippen LogP contribution in [0.2, 0.25) is 0 Å². The van der Waals surface area contributed by atoms with Crippen molar-refractivity contribution in [1.29, 1.82) is 0 Å². The van der Waals surface area contributed by atoms with E-state index in [0.29, 0.717) is 0 Å². The van der Waals surface area contributed by atoms with Gasteiger partial charge >= 0.3 is 0 Å². The highest BCUT2D eigenvalue weighted by atomic mass is 32.2. The normalized spacial score (nSPS) is 11.2. The number of hydrogen-bond acceptors (Lipinski definition) is 2. The summed E-state index contributed by atoms with van der Waals surface area (Å²) >= 11 is 1.96. The predicted molar refractivity (Wildman–Crippen MR) is 72.7 cm³/mol.